The first-order valence-corrected chi connectivity index (χ1v) is 12.5. The molecule has 2 aliphatic heterocycles. The summed E-state index contributed by atoms with van der Waals surface area (Å²) in [6.45, 7) is 7.62. The molecule has 0 aromatic carbocycles. The Kier molecular flexibility index (Phi) is 29.9. The van der Waals surface area contributed by atoms with Crippen molar-refractivity contribution in [2.24, 2.45) is 5.92 Å². The maximum absolute atomic E-state index is 11.8. The number of hydrogen-bond acceptors (Lipinski definition) is 9. The van der Waals surface area contributed by atoms with Gasteiger partial charge in [-0.05, 0) is 6.42 Å². The summed E-state index contributed by atoms with van der Waals surface area (Å²) in [4.78, 5) is 23.6. The van der Waals surface area contributed by atoms with Crippen LogP contribution in [0.1, 0.15) is 19.3 Å². The molecular formula is C24H42Ag2N3O9-. The third kappa shape index (κ3) is 20.7. The van der Waals surface area contributed by atoms with Gasteiger partial charge in [0.2, 0.25) is 0 Å². The van der Waals surface area contributed by atoms with Crippen LogP contribution in [0, 0.1) is 5.92 Å². The minimum atomic E-state index is -0.279. The van der Waals surface area contributed by atoms with Gasteiger partial charge < -0.3 is 49.9 Å². The topological polar surface area (TPSA) is 160 Å². The number of hydrogen-bond donors (Lipinski definition) is 0. The SMILES string of the molecule is O=C(OCCOCCOCCOCCOCCOCCOC(=O)C1CC[N-]CC1)C1=CC[N-]CC1.[Ag+].[Ag+].[NH2-]. The predicted molar refractivity (Wildman–Crippen MR) is 133 cm³/mol. The van der Waals surface area contributed by atoms with Crippen LogP contribution >= 0.6 is 0 Å². The number of ether oxygens (including phenoxy) is 7. The molecule has 38 heavy (non-hydrogen) atoms. The largest absolute Gasteiger partial charge is 1.00 e. The van der Waals surface area contributed by atoms with Gasteiger partial charge in [0, 0.05) is 5.57 Å². The number of piperidine rings is 1. The minimum Gasteiger partial charge on any atom is -0.693 e. The molecule has 0 radical (unpaired) electrons. The van der Waals surface area contributed by atoms with Gasteiger partial charge in [-0.1, -0.05) is 18.9 Å². The van der Waals surface area contributed by atoms with Crippen molar-refractivity contribution >= 4 is 11.9 Å². The summed E-state index contributed by atoms with van der Waals surface area (Å²) < 4.78 is 37.4. The molecule has 0 aromatic rings. The van der Waals surface area contributed by atoms with Gasteiger partial charge in [0.25, 0.3) is 0 Å². The molecule has 2 N–H and O–H groups in total. The fraction of sp³-hybridized carbons (Fsp3) is 0.833. The van der Waals surface area contributed by atoms with Crippen LogP contribution in [0.5, 0.6) is 0 Å². The average molecular weight is 732 g/mol. The molecule has 0 atom stereocenters. The Labute approximate surface area is 257 Å². The molecule has 0 spiro atoms. The van der Waals surface area contributed by atoms with Crippen LogP contribution < -0.4 is 0 Å². The van der Waals surface area contributed by atoms with Gasteiger partial charge in [0.1, 0.15) is 13.2 Å². The Hall–Kier alpha value is -0.159. The van der Waals surface area contributed by atoms with E-state index in [1.54, 1.807) is 0 Å². The Morgan fingerprint density at radius 2 is 1.11 bits per heavy atom. The van der Waals surface area contributed by atoms with Crippen molar-refractivity contribution < 1.29 is 87.5 Å². The average Bonchev–Trinajstić information content (AvgIpc) is 2.90. The Morgan fingerprint density at radius 1 is 0.658 bits per heavy atom. The summed E-state index contributed by atoms with van der Waals surface area (Å²) in [7, 11) is 0. The van der Waals surface area contributed by atoms with Crippen LogP contribution in [0.3, 0.4) is 0 Å². The monoisotopic (exact) mass is 730 g/mol. The number of carbonyl (C=O) groups excluding carboxylic acids is 2. The summed E-state index contributed by atoms with van der Waals surface area (Å²) in [5, 5.41) is 8.38. The van der Waals surface area contributed by atoms with Crippen molar-refractivity contribution in [2.75, 3.05) is 105 Å². The second kappa shape index (κ2) is 28.4. The first kappa shape index (κ1) is 40.0. The van der Waals surface area contributed by atoms with Crippen molar-refractivity contribution in [2.45, 2.75) is 19.3 Å². The summed E-state index contributed by atoms with van der Waals surface area (Å²) in [6.07, 6.45) is 4.02. The molecule has 12 nitrogen and oxygen atoms in total. The summed E-state index contributed by atoms with van der Waals surface area (Å²) in [6, 6.07) is 0. The fourth-order valence-electron chi connectivity index (χ4n) is 3.33. The predicted octanol–water partition coefficient (Wildman–Crippen LogP) is 2.36. The van der Waals surface area contributed by atoms with Gasteiger partial charge in [-0.15, -0.1) is 26.2 Å². The van der Waals surface area contributed by atoms with Crippen LogP contribution in [0.2, 0.25) is 0 Å². The van der Waals surface area contributed by atoms with Crippen LogP contribution in [-0.4, -0.2) is 117 Å². The number of nitrogens with two attached hydrogens (primary N) is 1. The van der Waals surface area contributed by atoms with E-state index >= 15 is 0 Å². The van der Waals surface area contributed by atoms with Crippen molar-refractivity contribution in [3.8, 4) is 0 Å². The zero-order valence-electron chi connectivity index (χ0n) is 21.8. The molecule has 2 heterocycles. The van der Waals surface area contributed by atoms with E-state index in [1.807, 2.05) is 6.08 Å². The second-order valence-corrected chi connectivity index (χ2v) is 7.92. The normalized spacial score (nSPS) is 15.3. The molecule has 1 fully saturated rings. The van der Waals surface area contributed by atoms with E-state index in [-0.39, 0.29) is 82.0 Å². The molecular weight excluding hydrogens is 690 g/mol. The van der Waals surface area contributed by atoms with Crippen LogP contribution in [-0.2, 0) is 87.5 Å². The molecule has 2 rings (SSSR count). The smallest absolute Gasteiger partial charge is 0.693 e. The number of esters is 2. The van der Waals surface area contributed by atoms with Gasteiger partial charge >= 0.3 is 56.7 Å². The van der Waals surface area contributed by atoms with Crippen molar-refractivity contribution in [1.29, 1.82) is 0 Å². The first-order valence-electron chi connectivity index (χ1n) is 12.5. The van der Waals surface area contributed by atoms with Crippen LogP contribution in [0.4, 0.5) is 0 Å². The van der Waals surface area contributed by atoms with Crippen molar-refractivity contribution in [3.63, 3.8) is 0 Å². The number of nitrogens with zero attached hydrogens (tertiary/aromatic N) is 2. The summed E-state index contributed by atoms with van der Waals surface area (Å²) >= 11 is 0. The van der Waals surface area contributed by atoms with E-state index in [0.29, 0.717) is 91.2 Å². The zero-order valence-corrected chi connectivity index (χ0v) is 24.8. The molecule has 0 bridgehead atoms. The molecule has 1 saturated heterocycles. The Morgan fingerprint density at radius 3 is 1.55 bits per heavy atom. The third-order valence-corrected chi connectivity index (χ3v) is 5.29. The number of rotatable bonds is 20. The Bertz CT molecular complexity index is 613. The first-order chi connectivity index (χ1) is 17.3. The van der Waals surface area contributed by atoms with Crippen molar-refractivity contribution in [1.82, 2.24) is 0 Å². The quantitative estimate of drug-likeness (QED) is 0.104. The van der Waals surface area contributed by atoms with Gasteiger partial charge in [-0.2, -0.15) is 0 Å². The molecule has 0 unspecified atom stereocenters. The number of carbonyl (C=O) groups is 2. The fourth-order valence-corrected chi connectivity index (χ4v) is 3.33. The minimum absolute atomic E-state index is 0. The van der Waals surface area contributed by atoms with E-state index in [1.165, 1.54) is 0 Å². The molecule has 230 valence electrons. The van der Waals surface area contributed by atoms with E-state index in [4.69, 9.17) is 33.2 Å². The molecule has 0 aromatic heterocycles. The van der Waals surface area contributed by atoms with Crippen LogP contribution in [0.15, 0.2) is 11.6 Å². The van der Waals surface area contributed by atoms with Gasteiger partial charge in [0.05, 0.1) is 72.0 Å². The molecule has 2 aliphatic rings. The maximum Gasteiger partial charge on any atom is 1.00 e. The van der Waals surface area contributed by atoms with E-state index in [0.717, 1.165) is 25.9 Å². The molecule has 0 saturated carbocycles. The molecule has 0 amide bonds. The van der Waals surface area contributed by atoms with Gasteiger partial charge in [0.15, 0.2) is 0 Å². The van der Waals surface area contributed by atoms with Crippen molar-refractivity contribution in [3.05, 3.63) is 28.4 Å². The summed E-state index contributed by atoms with van der Waals surface area (Å²) in [5.41, 5.74) is 0.698. The standard InChI is InChI=1S/C24H40N2O9.2Ag.H2N/c27-23(21-1-5-25-6-2-21)34-19-17-32-15-13-30-11-9-29-10-12-31-14-16-33-18-20-35-24(28)22-3-7-26-8-4-22;;;/h1,22H,2-20H2;;;1H2/q-2;2*+1;-1. The molecule has 14 heteroatoms. The maximum atomic E-state index is 11.8. The second-order valence-electron chi connectivity index (χ2n) is 7.92. The zero-order chi connectivity index (χ0) is 24.8. The van der Waals surface area contributed by atoms with E-state index in [9.17, 15) is 9.59 Å². The molecule has 0 aliphatic carbocycles. The third-order valence-electron chi connectivity index (χ3n) is 5.29. The van der Waals surface area contributed by atoms with Crippen LogP contribution in [0.25, 0.3) is 16.8 Å². The van der Waals surface area contributed by atoms with E-state index in [2.05, 4.69) is 10.6 Å². The van der Waals surface area contributed by atoms with Gasteiger partial charge in [-0.25, -0.2) is 4.79 Å². The van der Waals surface area contributed by atoms with Gasteiger partial charge in [-0.3, -0.25) is 4.79 Å². The Balaban J connectivity index is 0. The summed E-state index contributed by atoms with van der Waals surface area (Å²) in [5.74, 6) is -0.436. The van der Waals surface area contributed by atoms with E-state index < -0.39 is 0 Å².